The number of benzene rings is 3. The first-order valence-corrected chi connectivity index (χ1v) is 11.7. The topological polar surface area (TPSA) is 81.7 Å². The van der Waals surface area contributed by atoms with Crippen LogP contribution in [0.5, 0.6) is 11.5 Å². The van der Waals surface area contributed by atoms with Gasteiger partial charge in [0.15, 0.2) is 17.3 Å². The van der Waals surface area contributed by atoms with Crippen molar-refractivity contribution in [2.45, 2.75) is 53.1 Å². The Morgan fingerprint density at radius 2 is 1.17 bits per heavy atom. The van der Waals surface area contributed by atoms with Crippen LogP contribution in [-0.2, 0) is 0 Å². The molecule has 36 heavy (non-hydrogen) atoms. The summed E-state index contributed by atoms with van der Waals surface area (Å²) in [5.74, 6) is -1.29. The van der Waals surface area contributed by atoms with E-state index in [0.29, 0.717) is 23.1 Å². The average Bonchev–Trinajstić information content (AvgIpc) is 2.83. The smallest absolute Gasteiger partial charge is 0.343 e. The van der Waals surface area contributed by atoms with Gasteiger partial charge < -0.3 is 14.8 Å². The lowest BCUT2D eigenvalue weighted by Gasteiger charge is -2.19. The lowest BCUT2D eigenvalue weighted by atomic mass is 10.0. The lowest BCUT2D eigenvalue weighted by Crippen LogP contribution is -2.40. The van der Waals surface area contributed by atoms with Crippen LogP contribution < -0.4 is 14.8 Å². The molecule has 3 aromatic rings. The molecule has 7 heteroatoms. The third-order valence-corrected chi connectivity index (χ3v) is 5.47. The SMILES string of the molecule is CCC(NC(C)C)C(=O)c1ccc(OC(=O)c2ccc(C)cc2)c(OC(=O)c2ccc(C)cc2)c1.Cl. The van der Waals surface area contributed by atoms with Gasteiger partial charge in [-0.05, 0) is 62.7 Å². The van der Waals surface area contributed by atoms with Gasteiger partial charge in [0, 0.05) is 11.6 Å². The van der Waals surface area contributed by atoms with E-state index >= 15 is 0 Å². The molecule has 0 radical (unpaired) electrons. The summed E-state index contributed by atoms with van der Waals surface area (Å²) in [5, 5.41) is 3.25. The molecule has 0 spiro atoms. The van der Waals surface area contributed by atoms with E-state index in [0.717, 1.165) is 11.1 Å². The first-order chi connectivity index (χ1) is 16.7. The van der Waals surface area contributed by atoms with E-state index in [4.69, 9.17) is 9.47 Å². The van der Waals surface area contributed by atoms with Crippen molar-refractivity contribution < 1.29 is 23.9 Å². The van der Waals surface area contributed by atoms with Gasteiger partial charge in [0.1, 0.15) is 0 Å². The highest BCUT2D eigenvalue weighted by molar-refractivity contribution is 6.01. The monoisotopic (exact) mass is 509 g/mol. The van der Waals surface area contributed by atoms with Crippen LogP contribution in [0.4, 0.5) is 0 Å². The molecule has 1 atom stereocenters. The molecule has 1 unspecified atom stereocenters. The number of hydrogen-bond donors (Lipinski definition) is 1. The number of ether oxygens (including phenoxy) is 2. The Balaban J connectivity index is 0.00000456. The predicted molar refractivity (Wildman–Crippen MR) is 143 cm³/mol. The Bertz CT molecular complexity index is 1200. The van der Waals surface area contributed by atoms with Crippen LogP contribution >= 0.6 is 12.4 Å². The zero-order chi connectivity index (χ0) is 25.5. The number of carbonyl (C=O) groups is 3. The normalized spacial score (nSPS) is 11.4. The number of hydrogen-bond acceptors (Lipinski definition) is 6. The van der Waals surface area contributed by atoms with Crippen LogP contribution in [0, 0.1) is 13.8 Å². The minimum Gasteiger partial charge on any atom is -0.419 e. The standard InChI is InChI=1S/C29H31NO5.ClH/c1-6-24(30-18(2)3)27(31)23-15-16-25(34-28(32)21-11-7-19(4)8-12-21)26(17-23)35-29(33)22-13-9-20(5)10-14-22;/h7-18,24,30H,6H2,1-5H3;1H. The molecule has 0 aliphatic carbocycles. The number of ketones is 1. The molecule has 3 rings (SSSR count). The predicted octanol–water partition coefficient (Wildman–Crippen LogP) is 6.12. The fourth-order valence-corrected chi connectivity index (χ4v) is 3.50. The summed E-state index contributed by atoms with van der Waals surface area (Å²) in [4.78, 5) is 38.7. The molecule has 6 nitrogen and oxygen atoms in total. The molecule has 0 aliphatic heterocycles. The third kappa shape index (κ3) is 7.51. The Kier molecular flexibility index (Phi) is 10.4. The molecule has 190 valence electrons. The first-order valence-electron chi connectivity index (χ1n) is 11.7. The zero-order valence-electron chi connectivity index (χ0n) is 21.2. The van der Waals surface area contributed by atoms with Gasteiger partial charge in [-0.2, -0.15) is 0 Å². The van der Waals surface area contributed by atoms with E-state index in [1.165, 1.54) is 12.1 Å². The fourth-order valence-electron chi connectivity index (χ4n) is 3.50. The molecule has 0 aromatic heterocycles. The number of esters is 2. The van der Waals surface area contributed by atoms with Crippen molar-refractivity contribution in [2.24, 2.45) is 0 Å². The van der Waals surface area contributed by atoms with Gasteiger partial charge >= 0.3 is 11.9 Å². The minimum atomic E-state index is -0.616. The lowest BCUT2D eigenvalue weighted by molar-refractivity contribution is 0.0682. The summed E-state index contributed by atoms with van der Waals surface area (Å²) in [6.45, 7) is 9.71. The number of rotatable bonds is 9. The van der Waals surface area contributed by atoms with Crippen LogP contribution in [0.1, 0.15) is 69.4 Å². The van der Waals surface area contributed by atoms with Crippen molar-refractivity contribution in [1.82, 2.24) is 5.32 Å². The number of halogens is 1. The summed E-state index contributed by atoms with van der Waals surface area (Å²) in [6, 6.07) is 18.1. The van der Waals surface area contributed by atoms with E-state index < -0.39 is 18.0 Å². The maximum atomic E-state index is 13.1. The molecule has 1 N–H and O–H groups in total. The van der Waals surface area contributed by atoms with Crippen molar-refractivity contribution in [2.75, 3.05) is 0 Å². The summed E-state index contributed by atoms with van der Waals surface area (Å²) in [6.07, 6.45) is 0.597. The maximum absolute atomic E-state index is 13.1. The van der Waals surface area contributed by atoms with Gasteiger partial charge in [0.25, 0.3) is 0 Å². The highest BCUT2D eigenvalue weighted by atomic mass is 35.5. The van der Waals surface area contributed by atoms with Crippen LogP contribution in [-0.4, -0.2) is 29.8 Å². The molecule has 0 aliphatic rings. The van der Waals surface area contributed by atoms with Crippen LogP contribution in [0.15, 0.2) is 66.7 Å². The average molecular weight is 510 g/mol. The van der Waals surface area contributed by atoms with Gasteiger partial charge in [0.2, 0.25) is 0 Å². The number of Topliss-reactive ketones (excluding diaryl/α,β-unsaturated/α-hetero) is 1. The summed E-state index contributed by atoms with van der Waals surface area (Å²) in [5.41, 5.74) is 3.07. The van der Waals surface area contributed by atoms with E-state index in [1.54, 1.807) is 42.5 Å². The Morgan fingerprint density at radius 1 is 0.722 bits per heavy atom. The number of aryl methyl sites for hydroxylation is 2. The van der Waals surface area contributed by atoms with Crippen molar-refractivity contribution in [3.05, 3.63) is 94.5 Å². The summed E-state index contributed by atoms with van der Waals surface area (Å²) >= 11 is 0. The fraction of sp³-hybridized carbons (Fsp3) is 0.276. The summed E-state index contributed by atoms with van der Waals surface area (Å²) in [7, 11) is 0. The van der Waals surface area contributed by atoms with Gasteiger partial charge in [-0.3, -0.25) is 4.79 Å². The van der Waals surface area contributed by atoms with Crippen LogP contribution in [0.2, 0.25) is 0 Å². The van der Waals surface area contributed by atoms with Gasteiger partial charge in [-0.1, -0.05) is 56.2 Å². The molecule has 0 saturated carbocycles. The largest absolute Gasteiger partial charge is 0.419 e. The van der Waals surface area contributed by atoms with Gasteiger partial charge in [-0.15, -0.1) is 12.4 Å². The van der Waals surface area contributed by atoms with Crippen LogP contribution in [0.3, 0.4) is 0 Å². The highest BCUT2D eigenvalue weighted by Gasteiger charge is 2.23. The van der Waals surface area contributed by atoms with E-state index in [1.807, 2.05) is 46.8 Å². The third-order valence-electron chi connectivity index (χ3n) is 5.47. The van der Waals surface area contributed by atoms with Crippen molar-refractivity contribution in [3.8, 4) is 11.5 Å². The second kappa shape index (κ2) is 13.0. The second-order valence-electron chi connectivity index (χ2n) is 8.82. The zero-order valence-corrected chi connectivity index (χ0v) is 22.0. The number of nitrogens with one attached hydrogen (secondary N) is 1. The van der Waals surface area contributed by atoms with E-state index in [2.05, 4.69) is 5.32 Å². The quantitative estimate of drug-likeness (QED) is 0.212. The maximum Gasteiger partial charge on any atom is 0.343 e. The molecular weight excluding hydrogens is 478 g/mol. The molecular formula is C29H32ClNO5. The number of carbonyl (C=O) groups excluding carboxylic acids is 3. The van der Waals surface area contributed by atoms with Crippen molar-refractivity contribution >= 4 is 30.1 Å². The molecule has 0 bridgehead atoms. The van der Waals surface area contributed by atoms with Gasteiger partial charge in [-0.25, -0.2) is 9.59 Å². The molecule has 0 fully saturated rings. The van der Waals surface area contributed by atoms with Gasteiger partial charge in [0.05, 0.1) is 17.2 Å². The minimum absolute atomic E-state index is 0. The highest BCUT2D eigenvalue weighted by Crippen LogP contribution is 2.31. The van der Waals surface area contributed by atoms with E-state index in [-0.39, 0.29) is 35.7 Å². The molecule has 0 amide bonds. The Labute approximate surface area is 218 Å². The molecule has 0 saturated heterocycles. The Hall–Kier alpha value is -3.48. The molecule has 3 aromatic carbocycles. The van der Waals surface area contributed by atoms with Crippen LogP contribution in [0.25, 0.3) is 0 Å². The van der Waals surface area contributed by atoms with Crippen molar-refractivity contribution in [3.63, 3.8) is 0 Å². The molecule has 0 heterocycles. The Morgan fingerprint density at radius 3 is 1.61 bits per heavy atom. The summed E-state index contributed by atoms with van der Waals surface area (Å²) < 4.78 is 11.2. The first kappa shape index (κ1) is 28.8. The van der Waals surface area contributed by atoms with Crippen molar-refractivity contribution in [1.29, 1.82) is 0 Å². The second-order valence-corrected chi connectivity index (χ2v) is 8.82. The van der Waals surface area contributed by atoms with E-state index in [9.17, 15) is 14.4 Å².